The number of guanidine groups is 1. The monoisotopic (exact) mass is 489 g/mol. The lowest BCUT2D eigenvalue weighted by atomic mass is 10.3. The Morgan fingerprint density at radius 2 is 2.07 bits per heavy atom. The van der Waals surface area contributed by atoms with Crippen molar-refractivity contribution in [3.8, 4) is 11.6 Å². The number of nitrogens with zero attached hydrogens (tertiary/aromatic N) is 4. The second-order valence-electron chi connectivity index (χ2n) is 5.52. The summed E-state index contributed by atoms with van der Waals surface area (Å²) >= 11 is 0. The number of halogens is 1. The second kappa shape index (κ2) is 12.3. The van der Waals surface area contributed by atoms with E-state index in [1.165, 1.54) is 0 Å². The Kier molecular flexibility index (Phi) is 10.5. The zero-order valence-corrected chi connectivity index (χ0v) is 18.3. The van der Waals surface area contributed by atoms with Gasteiger partial charge in [0.15, 0.2) is 11.7 Å². The molecule has 0 saturated carbocycles. The molecule has 1 amide bonds. The highest BCUT2D eigenvalue weighted by Gasteiger charge is 2.10. The second-order valence-corrected chi connectivity index (χ2v) is 5.52. The SMILES string of the molecule is CCNC(=NCc1nc(-c2ccco2)n[nH]1)NCCC(=O)N(CC)CC.I. The van der Waals surface area contributed by atoms with Crippen LogP contribution in [0.15, 0.2) is 27.8 Å². The third-order valence-corrected chi connectivity index (χ3v) is 3.75. The number of H-pyrrole nitrogens is 1. The van der Waals surface area contributed by atoms with Crippen molar-refractivity contribution in [1.29, 1.82) is 0 Å². The highest BCUT2D eigenvalue weighted by Crippen LogP contribution is 2.14. The van der Waals surface area contributed by atoms with Crippen molar-refractivity contribution < 1.29 is 9.21 Å². The Morgan fingerprint density at radius 3 is 2.70 bits per heavy atom. The molecule has 9 nitrogen and oxygen atoms in total. The summed E-state index contributed by atoms with van der Waals surface area (Å²) in [5.41, 5.74) is 0. The number of carbonyl (C=O) groups is 1. The van der Waals surface area contributed by atoms with E-state index in [-0.39, 0.29) is 29.9 Å². The fourth-order valence-corrected chi connectivity index (χ4v) is 2.40. The summed E-state index contributed by atoms with van der Waals surface area (Å²) in [5.74, 6) is 2.51. The molecule has 0 aliphatic rings. The van der Waals surface area contributed by atoms with Crippen molar-refractivity contribution in [3.05, 3.63) is 24.2 Å². The molecule has 0 radical (unpaired) electrons. The average molecular weight is 489 g/mol. The molecular formula is C17H28IN7O2. The number of hydrogen-bond acceptors (Lipinski definition) is 5. The molecule has 27 heavy (non-hydrogen) atoms. The molecule has 0 unspecified atom stereocenters. The summed E-state index contributed by atoms with van der Waals surface area (Å²) in [7, 11) is 0. The number of aromatic amines is 1. The first-order valence-electron chi connectivity index (χ1n) is 8.93. The van der Waals surface area contributed by atoms with Crippen molar-refractivity contribution >= 4 is 35.8 Å². The van der Waals surface area contributed by atoms with Crippen LogP contribution in [0.4, 0.5) is 0 Å². The van der Waals surface area contributed by atoms with E-state index in [1.807, 2.05) is 25.7 Å². The van der Waals surface area contributed by atoms with Gasteiger partial charge < -0.3 is 20.0 Å². The summed E-state index contributed by atoms with van der Waals surface area (Å²) in [6, 6.07) is 3.59. The number of aromatic nitrogens is 3. The molecule has 0 fully saturated rings. The van der Waals surface area contributed by atoms with E-state index >= 15 is 0 Å². The minimum absolute atomic E-state index is 0. The lowest BCUT2D eigenvalue weighted by Crippen LogP contribution is -2.40. The van der Waals surface area contributed by atoms with Crippen molar-refractivity contribution in [2.45, 2.75) is 33.7 Å². The molecule has 0 bridgehead atoms. The molecule has 2 rings (SSSR count). The topological polar surface area (TPSA) is 111 Å². The first-order chi connectivity index (χ1) is 12.7. The average Bonchev–Trinajstić information content (AvgIpc) is 3.32. The minimum atomic E-state index is 0. The van der Waals surface area contributed by atoms with E-state index in [0.29, 0.717) is 42.9 Å². The quantitative estimate of drug-likeness (QED) is 0.282. The fourth-order valence-electron chi connectivity index (χ4n) is 2.40. The first kappa shape index (κ1) is 22.9. The van der Waals surface area contributed by atoms with Gasteiger partial charge in [-0.25, -0.2) is 9.98 Å². The third-order valence-electron chi connectivity index (χ3n) is 3.75. The molecule has 3 N–H and O–H groups in total. The van der Waals surface area contributed by atoms with Crippen LogP contribution in [0.5, 0.6) is 0 Å². The zero-order valence-electron chi connectivity index (χ0n) is 16.0. The number of amides is 1. The van der Waals surface area contributed by atoms with E-state index < -0.39 is 0 Å². The molecule has 0 saturated heterocycles. The van der Waals surface area contributed by atoms with Gasteiger partial charge in [0.25, 0.3) is 0 Å². The number of furan rings is 1. The van der Waals surface area contributed by atoms with E-state index in [9.17, 15) is 4.79 Å². The standard InChI is InChI=1S/C17H27N7O2.HI/c1-4-18-17(19-10-9-15(25)24(5-2)6-3)20-12-14-21-16(23-22-14)13-8-7-11-26-13;/h7-8,11H,4-6,9-10,12H2,1-3H3,(H2,18,19,20)(H,21,22,23);1H. The summed E-state index contributed by atoms with van der Waals surface area (Å²) in [5, 5.41) is 13.3. The Labute approximate surface area is 176 Å². The number of carbonyl (C=O) groups excluding carboxylic acids is 1. The lowest BCUT2D eigenvalue weighted by molar-refractivity contribution is -0.130. The van der Waals surface area contributed by atoms with Gasteiger partial charge in [0.1, 0.15) is 12.4 Å². The summed E-state index contributed by atoms with van der Waals surface area (Å²) in [4.78, 5) is 22.7. The molecule has 2 aromatic rings. The van der Waals surface area contributed by atoms with Gasteiger partial charge in [0.05, 0.1) is 6.26 Å². The fraction of sp³-hybridized carbons (Fsp3) is 0.529. The molecule has 0 atom stereocenters. The maximum Gasteiger partial charge on any atom is 0.224 e. The van der Waals surface area contributed by atoms with Gasteiger partial charge in [-0.15, -0.1) is 29.1 Å². The molecule has 0 aliphatic carbocycles. The van der Waals surface area contributed by atoms with E-state index in [4.69, 9.17) is 4.42 Å². The van der Waals surface area contributed by atoms with Crippen LogP contribution in [0.1, 0.15) is 33.0 Å². The molecule has 2 aromatic heterocycles. The van der Waals surface area contributed by atoms with Crippen molar-refractivity contribution in [3.63, 3.8) is 0 Å². The Morgan fingerprint density at radius 1 is 1.30 bits per heavy atom. The van der Waals surface area contributed by atoms with Gasteiger partial charge in [-0.1, -0.05) is 0 Å². The van der Waals surface area contributed by atoms with Gasteiger partial charge in [-0.2, -0.15) is 0 Å². The van der Waals surface area contributed by atoms with E-state index in [1.54, 1.807) is 18.4 Å². The summed E-state index contributed by atoms with van der Waals surface area (Å²) in [6.45, 7) is 9.00. The van der Waals surface area contributed by atoms with Crippen LogP contribution in [0, 0.1) is 0 Å². The van der Waals surface area contributed by atoms with Crippen LogP contribution >= 0.6 is 24.0 Å². The summed E-state index contributed by atoms with van der Waals surface area (Å²) in [6.07, 6.45) is 2.01. The predicted molar refractivity (Wildman–Crippen MR) is 115 cm³/mol. The van der Waals surface area contributed by atoms with Crippen molar-refractivity contribution in [2.75, 3.05) is 26.2 Å². The molecule has 0 spiro atoms. The molecule has 0 aromatic carbocycles. The Hall–Kier alpha value is -2.11. The van der Waals surface area contributed by atoms with Gasteiger partial charge >= 0.3 is 0 Å². The van der Waals surface area contributed by atoms with Crippen molar-refractivity contribution in [1.82, 2.24) is 30.7 Å². The largest absolute Gasteiger partial charge is 0.461 e. The van der Waals surface area contributed by atoms with Crippen LogP contribution < -0.4 is 10.6 Å². The number of nitrogens with one attached hydrogen (secondary N) is 3. The first-order valence-corrected chi connectivity index (χ1v) is 8.93. The Bertz CT molecular complexity index is 696. The highest BCUT2D eigenvalue weighted by atomic mass is 127. The maximum absolute atomic E-state index is 12.0. The van der Waals surface area contributed by atoms with E-state index in [0.717, 1.165) is 19.6 Å². The summed E-state index contributed by atoms with van der Waals surface area (Å²) < 4.78 is 5.27. The molecule has 10 heteroatoms. The van der Waals surface area contributed by atoms with Gasteiger partial charge in [-0.3, -0.25) is 9.89 Å². The van der Waals surface area contributed by atoms with Crippen LogP contribution in [0.3, 0.4) is 0 Å². The smallest absolute Gasteiger partial charge is 0.224 e. The number of hydrogen-bond donors (Lipinski definition) is 3. The highest BCUT2D eigenvalue weighted by molar-refractivity contribution is 14.0. The molecule has 2 heterocycles. The van der Waals surface area contributed by atoms with Crippen LogP contribution in [-0.2, 0) is 11.3 Å². The number of aliphatic imine (C=N–C) groups is 1. The normalized spacial score (nSPS) is 11.0. The van der Waals surface area contributed by atoms with Crippen molar-refractivity contribution in [2.24, 2.45) is 4.99 Å². The zero-order chi connectivity index (χ0) is 18.8. The van der Waals surface area contributed by atoms with Crippen LogP contribution in [0.2, 0.25) is 0 Å². The van der Waals surface area contributed by atoms with Gasteiger partial charge in [0, 0.05) is 32.6 Å². The number of rotatable bonds is 9. The molecule has 0 aliphatic heterocycles. The van der Waals surface area contributed by atoms with E-state index in [2.05, 4.69) is 30.8 Å². The molecular weight excluding hydrogens is 461 g/mol. The van der Waals surface area contributed by atoms with Gasteiger partial charge in [0.2, 0.25) is 11.7 Å². The predicted octanol–water partition coefficient (Wildman–Crippen LogP) is 2.00. The third kappa shape index (κ3) is 7.19. The minimum Gasteiger partial charge on any atom is -0.461 e. The van der Waals surface area contributed by atoms with Crippen LogP contribution in [0.25, 0.3) is 11.6 Å². The van der Waals surface area contributed by atoms with Gasteiger partial charge in [-0.05, 0) is 32.9 Å². The molecule has 150 valence electrons. The lowest BCUT2D eigenvalue weighted by Gasteiger charge is -2.19. The maximum atomic E-state index is 12.0. The van der Waals surface area contributed by atoms with Crippen LogP contribution in [-0.4, -0.2) is 58.1 Å². The Balaban J connectivity index is 0.00000364.